The largest absolute Gasteiger partial charge is 0.497 e. The zero-order valence-corrected chi connectivity index (χ0v) is 15.0. The number of fused-ring (bicyclic) bond motifs is 1. The fourth-order valence-corrected chi connectivity index (χ4v) is 4.69. The van der Waals surface area contributed by atoms with Crippen LogP contribution in [-0.4, -0.2) is 28.1 Å². The first-order valence-electron chi connectivity index (χ1n) is 7.82. The Morgan fingerprint density at radius 1 is 1.16 bits per heavy atom. The molecular formula is C18H19NO5S. The molecule has 1 N–H and O–H groups in total. The van der Waals surface area contributed by atoms with Crippen LogP contribution in [0, 0.1) is 0 Å². The van der Waals surface area contributed by atoms with Crippen LogP contribution in [0.4, 0.5) is 0 Å². The van der Waals surface area contributed by atoms with E-state index in [1.165, 1.54) is 12.1 Å². The van der Waals surface area contributed by atoms with Crippen LogP contribution >= 0.6 is 0 Å². The molecule has 0 saturated heterocycles. The van der Waals surface area contributed by atoms with Gasteiger partial charge < -0.3 is 9.47 Å². The summed E-state index contributed by atoms with van der Waals surface area (Å²) in [6.45, 7) is 3.74. The minimum Gasteiger partial charge on any atom is -0.497 e. The van der Waals surface area contributed by atoms with Gasteiger partial charge in [-0.2, -0.15) is 4.72 Å². The van der Waals surface area contributed by atoms with Gasteiger partial charge in [0.25, 0.3) is 0 Å². The number of carbonyl (C=O) groups excluding carboxylic acids is 1. The summed E-state index contributed by atoms with van der Waals surface area (Å²) in [6, 6.07) is 11.6. The van der Waals surface area contributed by atoms with Crippen molar-refractivity contribution in [3.63, 3.8) is 0 Å². The molecule has 2 aromatic carbocycles. The Bertz CT molecular complexity index is 921. The van der Waals surface area contributed by atoms with Crippen molar-refractivity contribution in [3.8, 4) is 5.75 Å². The van der Waals surface area contributed by atoms with E-state index in [0.29, 0.717) is 16.9 Å². The molecule has 0 unspecified atom stereocenters. The number of esters is 1. The molecule has 0 bridgehead atoms. The zero-order valence-electron chi connectivity index (χ0n) is 14.2. The summed E-state index contributed by atoms with van der Waals surface area (Å²) < 4.78 is 37.9. The molecule has 1 aliphatic heterocycles. The molecule has 0 fully saturated rings. The van der Waals surface area contributed by atoms with Gasteiger partial charge in [0.1, 0.15) is 5.75 Å². The molecular weight excluding hydrogens is 342 g/mol. The summed E-state index contributed by atoms with van der Waals surface area (Å²) >= 11 is 0. The molecule has 132 valence electrons. The van der Waals surface area contributed by atoms with Crippen LogP contribution in [0.3, 0.4) is 0 Å². The Morgan fingerprint density at radius 2 is 1.84 bits per heavy atom. The molecule has 2 aromatic rings. The molecule has 6 nitrogen and oxygen atoms in total. The number of rotatable bonds is 4. The molecule has 1 heterocycles. The molecule has 0 amide bonds. The van der Waals surface area contributed by atoms with E-state index in [2.05, 4.69) is 4.72 Å². The predicted octanol–water partition coefficient (Wildman–Crippen LogP) is 2.43. The van der Waals surface area contributed by atoms with Crippen molar-refractivity contribution in [3.05, 3.63) is 59.2 Å². The Hall–Kier alpha value is -2.38. The number of carbonyl (C=O) groups is 1. The lowest BCUT2D eigenvalue weighted by Gasteiger charge is -2.25. The summed E-state index contributed by atoms with van der Waals surface area (Å²) in [4.78, 5) is 12.2. The van der Waals surface area contributed by atoms with E-state index in [1.54, 1.807) is 51.3 Å². The van der Waals surface area contributed by atoms with Gasteiger partial charge in [0, 0.05) is 0 Å². The molecule has 0 radical (unpaired) electrons. The third kappa shape index (κ3) is 2.89. The number of nitrogens with one attached hydrogen (secondary N) is 1. The highest BCUT2D eigenvalue weighted by Crippen LogP contribution is 2.41. The second kappa shape index (κ2) is 6.16. The lowest BCUT2D eigenvalue weighted by atomic mass is 9.85. The summed E-state index contributed by atoms with van der Waals surface area (Å²) in [5, 5.41) is 0. The Kier molecular flexibility index (Phi) is 4.30. The summed E-state index contributed by atoms with van der Waals surface area (Å²) in [5.74, 6) is 0.195. The Labute approximate surface area is 146 Å². The van der Waals surface area contributed by atoms with Crippen LogP contribution < -0.4 is 9.46 Å². The lowest BCUT2D eigenvalue weighted by molar-refractivity contribution is 0.0526. The average molecular weight is 361 g/mol. The van der Waals surface area contributed by atoms with Crippen molar-refractivity contribution in [2.75, 3.05) is 13.7 Å². The van der Waals surface area contributed by atoms with Crippen LogP contribution in [-0.2, 0) is 20.3 Å². The fraction of sp³-hybridized carbons (Fsp3) is 0.278. The number of hydrogen-bond acceptors (Lipinski definition) is 5. The summed E-state index contributed by atoms with van der Waals surface area (Å²) in [7, 11) is -2.10. The van der Waals surface area contributed by atoms with Gasteiger partial charge in [-0.15, -0.1) is 0 Å². The molecule has 25 heavy (non-hydrogen) atoms. The van der Waals surface area contributed by atoms with E-state index in [-0.39, 0.29) is 11.5 Å². The molecule has 0 saturated carbocycles. The van der Waals surface area contributed by atoms with Gasteiger partial charge in [-0.1, -0.05) is 12.1 Å². The average Bonchev–Trinajstić information content (AvgIpc) is 2.82. The van der Waals surface area contributed by atoms with E-state index in [1.807, 2.05) is 0 Å². The van der Waals surface area contributed by atoms with Crippen molar-refractivity contribution in [2.24, 2.45) is 0 Å². The minimum absolute atomic E-state index is 0.166. The number of methoxy groups -OCH3 is 1. The van der Waals surface area contributed by atoms with E-state index in [9.17, 15) is 13.2 Å². The first-order chi connectivity index (χ1) is 11.8. The van der Waals surface area contributed by atoms with Crippen LogP contribution in [0.25, 0.3) is 0 Å². The van der Waals surface area contributed by atoms with Gasteiger partial charge in [-0.3, -0.25) is 0 Å². The molecule has 3 rings (SSSR count). The molecule has 0 aromatic heterocycles. The highest BCUT2D eigenvalue weighted by molar-refractivity contribution is 7.89. The molecule has 1 atom stereocenters. The lowest BCUT2D eigenvalue weighted by Crippen LogP contribution is -2.37. The van der Waals surface area contributed by atoms with Gasteiger partial charge in [-0.25, -0.2) is 13.2 Å². The standard InChI is InChI=1S/C18H19NO5S/c1-4-24-17(20)12-5-10-16-15(11-12)18(2,19-25(16,21)22)13-6-8-14(23-3)9-7-13/h5-11,19H,4H2,1-3H3/t18-/m1/s1. The number of sulfonamides is 1. The van der Waals surface area contributed by atoms with Gasteiger partial charge in [0.2, 0.25) is 10.0 Å². The van der Waals surface area contributed by atoms with Crippen LogP contribution in [0.15, 0.2) is 47.4 Å². The second-order valence-corrected chi connectivity index (χ2v) is 7.54. The SMILES string of the molecule is CCOC(=O)c1ccc2c(c1)[C@@](C)(c1ccc(OC)cc1)NS2(=O)=O. The highest BCUT2D eigenvalue weighted by Gasteiger charge is 2.44. The van der Waals surface area contributed by atoms with Crippen LogP contribution in [0.5, 0.6) is 5.75 Å². The fourth-order valence-electron chi connectivity index (χ4n) is 3.01. The first-order valence-corrected chi connectivity index (χ1v) is 9.30. The van der Waals surface area contributed by atoms with Crippen LogP contribution in [0.1, 0.15) is 35.3 Å². The third-order valence-corrected chi connectivity index (χ3v) is 5.94. The van der Waals surface area contributed by atoms with Gasteiger partial charge in [-0.05, 0) is 55.3 Å². The van der Waals surface area contributed by atoms with Crippen molar-refractivity contribution in [2.45, 2.75) is 24.3 Å². The number of ether oxygens (including phenoxy) is 2. The maximum Gasteiger partial charge on any atom is 0.338 e. The van der Waals surface area contributed by atoms with Crippen molar-refractivity contribution in [1.29, 1.82) is 0 Å². The van der Waals surface area contributed by atoms with Crippen LogP contribution in [0.2, 0.25) is 0 Å². The quantitative estimate of drug-likeness (QED) is 0.846. The van der Waals surface area contributed by atoms with Gasteiger partial charge >= 0.3 is 5.97 Å². The molecule has 0 aliphatic carbocycles. The number of benzene rings is 2. The Balaban J connectivity index is 2.15. The van der Waals surface area contributed by atoms with Crippen molar-refractivity contribution < 1.29 is 22.7 Å². The molecule has 7 heteroatoms. The predicted molar refractivity (Wildman–Crippen MR) is 92.2 cm³/mol. The summed E-state index contributed by atoms with van der Waals surface area (Å²) in [5.41, 5.74) is 0.599. The van der Waals surface area contributed by atoms with Gasteiger partial charge in [0.15, 0.2) is 0 Å². The van der Waals surface area contributed by atoms with Gasteiger partial charge in [0.05, 0.1) is 29.7 Å². The monoisotopic (exact) mass is 361 g/mol. The third-order valence-electron chi connectivity index (χ3n) is 4.32. The van der Waals surface area contributed by atoms with E-state index < -0.39 is 21.5 Å². The van der Waals surface area contributed by atoms with Crippen molar-refractivity contribution in [1.82, 2.24) is 4.72 Å². The second-order valence-electron chi connectivity index (χ2n) is 5.89. The van der Waals surface area contributed by atoms with E-state index in [0.717, 1.165) is 5.56 Å². The minimum atomic E-state index is -3.67. The Morgan fingerprint density at radius 3 is 2.44 bits per heavy atom. The summed E-state index contributed by atoms with van der Waals surface area (Å²) in [6.07, 6.45) is 0. The number of hydrogen-bond donors (Lipinski definition) is 1. The maximum atomic E-state index is 12.5. The maximum absolute atomic E-state index is 12.5. The topological polar surface area (TPSA) is 81.7 Å². The van der Waals surface area contributed by atoms with Crippen molar-refractivity contribution >= 4 is 16.0 Å². The first kappa shape index (κ1) is 17.4. The highest BCUT2D eigenvalue weighted by atomic mass is 32.2. The molecule has 0 spiro atoms. The van der Waals surface area contributed by atoms with E-state index >= 15 is 0 Å². The smallest absolute Gasteiger partial charge is 0.338 e. The molecule has 1 aliphatic rings. The van der Waals surface area contributed by atoms with E-state index in [4.69, 9.17) is 9.47 Å². The zero-order chi connectivity index (χ0) is 18.2. The normalized spacial score (nSPS) is 20.8.